The van der Waals surface area contributed by atoms with Crippen LogP contribution in [-0.2, 0) is 13.2 Å². The van der Waals surface area contributed by atoms with E-state index in [4.69, 9.17) is 20.9 Å². The number of nitrogens with zero attached hydrogens (tertiary/aromatic N) is 2. The lowest BCUT2D eigenvalue weighted by molar-refractivity contribution is 0.240. The van der Waals surface area contributed by atoms with Gasteiger partial charge in [0.05, 0.1) is 5.02 Å². The summed E-state index contributed by atoms with van der Waals surface area (Å²) in [7, 11) is 0. The predicted octanol–water partition coefficient (Wildman–Crippen LogP) is 3.11. The number of halogens is 1. The summed E-state index contributed by atoms with van der Waals surface area (Å²) < 4.78 is 10.7. The van der Waals surface area contributed by atoms with Crippen LogP contribution in [-0.4, -0.2) is 16.7 Å². The fourth-order valence-corrected chi connectivity index (χ4v) is 2.04. The summed E-state index contributed by atoms with van der Waals surface area (Å²) in [5.74, 6) is 1.69. The molecule has 0 fully saturated rings. The molecule has 0 aliphatic heterocycles. The van der Waals surface area contributed by atoms with E-state index in [1.807, 2.05) is 12.1 Å². The second kappa shape index (κ2) is 7.26. The van der Waals surface area contributed by atoms with E-state index in [0.717, 1.165) is 18.5 Å². The number of para-hydroxylation sites is 1. The van der Waals surface area contributed by atoms with E-state index in [-0.39, 0.29) is 6.61 Å². The fourth-order valence-electron chi connectivity index (χ4n) is 1.79. The molecule has 108 valence electrons. The molecule has 20 heavy (non-hydrogen) atoms. The van der Waals surface area contributed by atoms with Crippen molar-refractivity contribution in [2.75, 3.05) is 6.54 Å². The van der Waals surface area contributed by atoms with E-state index in [1.54, 1.807) is 13.0 Å². The standard InChI is InChI=1S/C14H18ClN3O2/c1-3-7-16-8-11-5-4-6-12(15)14(11)19-9-13-17-10(2)18-20-13/h4-6,16H,3,7-9H2,1-2H3. The lowest BCUT2D eigenvalue weighted by Gasteiger charge is -2.12. The van der Waals surface area contributed by atoms with E-state index < -0.39 is 0 Å². The van der Waals surface area contributed by atoms with Gasteiger partial charge in [-0.1, -0.05) is 35.8 Å². The minimum atomic E-state index is 0.214. The monoisotopic (exact) mass is 295 g/mol. The Morgan fingerprint density at radius 2 is 2.25 bits per heavy atom. The van der Waals surface area contributed by atoms with Gasteiger partial charge in [-0.25, -0.2) is 0 Å². The first-order valence-corrected chi connectivity index (χ1v) is 6.98. The molecular weight excluding hydrogens is 278 g/mol. The number of rotatable bonds is 7. The zero-order valence-electron chi connectivity index (χ0n) is 11.6. The highest BCUT2D eigenvalue weighted by molar-refractivity contribution is 6.32. The van der Waals surface area contributed by atoms with Crippen molar-refractivity contribution in [1.29, 1.82) is 0 Å². The van der Waals surface area contributed by atoms with Gasteiger partial charge in [-0.3, -0.25) is 0 Å². The number of ether oxygens (including phenoxy) is 1. The smallest absolute Gasteiger partial charge is 0.264 e. The number of aromatic nitrogens is 2. The average Bonchev–Trinajstić information content (AvgIpc) is 2.84. The maximum atomic E-state index is 6.19. The molecule has 1 heterocycles. The fraction of sp³-hybridized carbons (Fsp3) is 0.429. The molecule has 0 bridgehead atoms. The van der Waals surface area contributed by atoms with E-state index in [0.29, 0.717) is 29.0 Å². The molecule has 1 aromatic carbocycles. The van der Waals surface area contributed by atoms with Crippen LogP contribution in [0.25, 0.3) is 0 Å². The molecule has 0 unspecified atom stereocenters. The Morgan fingerprint density at radius 3 is 2.95 bits per heavy atom. The Hall–Kier alpha value is -1.59. The number of hydrogen-bond acceptors (Lipinski definition) is 5. The van der Waals surface area contributed by atoms with Crippen molar-refractivity contribution in [2.24, 2.45) is 0 Å². The maximum Gasteiger partial charge on any atom is 0.264 e. The molecule has 2 rings (SSSR count). The third kappa shape index (κ3) is 3.95. The Morgan fingerprint density at radius 1 is 1.40 bits per heavy atom. The van der Waals surface area contributed by atoms with Gasteiger partial charge in [0, 0.05) is 12.1 Å². The first-order chi connectivity index (χ1) is 9.70. The van der Waals surface area contributed by atoms with E-state index in [2.05, 4.69) is 22.4 Å². The minimum Gasteiger partial charge on any atom is -0.482 e. The predicted molar refractivity (Wildman–Crippen MR) is 76.8 cm³/mol. The second-order valence-electron chi connectivity index (χ2n) is 4.43. The van der Waals surface area contributed by atoms with Crippen molar-refractivity contribution < 1.29 is 9.26 Å². The van der Waals surface area contributed by atoms with Gasteiger partial charge in [-0.05, 0) is 26.0 Å². The molecule has 0 aliphatic carbocycles. The van der Waals surface area contributed by atoms with E-state index in [1.165, 1.54) is 0 Å². The van der Waals surface area contributed by atoms with Gasteiger partial charge in [-0.2, -0.15) is 4.98 Å². The summed E-state index contributed by atoms with van der Waals surface area (Å²) in [6.45, 7) is 5.77. The summed E-state index contributed by atoms with van der Waals surface area (Å²) >= 11 is 6.19. The zero-order valence-corrected chi connectivity index (χ0v) is 12.4. The Balaban J connectivity index is 2.04. The highest BCUT2D eigenvalue weighted by atomic mass is 35.5. The second-order valence-corrected chi connectivity index (χ2v) is 4.84. The average molecular weight is 296 g/mol. The lowest BCUT2D eigenvalue weighted by atomic mass is 10.2. The molecule has 0 spiro atoms. The lowest BCUT2D eigenvalue weighted by Crippen LogP contribution is -2.14. The van der Waals surface area contributed by atoms with Crippen LogP contribution >= 0.6 is 11.6 Å². The van der Waals surface area contributed by atoms with Crippen molar-refractivity contribution in [1.82, 2.24) is 15.5 Å². The van der Waals surface area contributed by atoms with Gasteiger partial charge >= 0.3 is 0 Å². The first kappa shape index (κ1) is 14.8. The number of hydrogen-bond donors (Lipinski definition) is 1. The number of nitrogens with one attached hydrogen (secondary N) is 1. The molecule has 5 nitrogen and oxygen atoms in total. The highest BCUT2D eigenvalue weighted by Crippen LogP contribution is 2.29. The van der Waals surface area contributed by atoms with Crippen LogP contribution in [0, 0.1) is 6.92 Å². The third-order valence-corrected chi connectivity index (χ3v) is 3.00. The number of aryl methyl sites for hydroxylation is 1. The molecule has 1 N–H and O–H groups in total. The van der Waals surface area contributed by atoms with Gasteiger partial charge < -0.3 is 14.6 Å². The third-order valence-electron chi connectivity index (χ3n) is 2.70. The van der Waals surface area contributed by atoms with Crippen LogP contribution in [0.3, 0.4) is 0 Å². The van der Waals surface area contributed by atoms with Crippen molar-refractivity contribution in [3.63, 3.8) is 0 Å². The molecule has 2 aromatic rings. The van der Waals surface area contributed by atoms with Crippen LogP contribution in [0.2, 0.25) is 5.02 Å². The van der Waals surface area contributed by atoms with Crippen molar-refractivity contribution in [3.8, 4) is 5.75 Å². The Labute approximate surface area is 123 Å². The van der Waals surface area contributed by atoms with Crippen molar-refractivity contribution in [3.05, 3.63) is 40.5 Å². The maximum absolute atomic E-state index is 6.19. The molecular formula is C14H18ClN3O2. The highest BCUT2D eigenvalue weighted by Gasteiger charge is 2.10. The summed E-state index contributed by atoms with van der Waals surface area (Å²) in [6, 6.07) is 5.71. The van der Waals surface area contributed by atoms with Crippen molar-refractivity contribution in [2.45, 2.75) is 33.4 Å². The topological polar surface area (TPSA) is 60.2 Å². The number of benzene rings is 1. The van der Waals surface area contributed by atoms with Gasteiger partial charge in [0.25, 0.3) is 5.89 Å². The summed E-state index contributed by atoms with van der Waals surface area (Å²) in [4.78, 5) is 4.10. The van der Waals surface area contributed by atoms with Gasteiger partial charge in [0.2, 0.25) is 0 Å². The van der Waals surface area contributed by atoms with Gasteiger partial charge in [-0.15, -0.1) is 0 Å². The summed E-state index contributed by atoms with van der Waals surface area (Å²) in [5, 5.41) is 7.63. The van der Waals surface area contributed by atoms with Crippen LogP contribution in [0.5, 0.6) is 5.75 Å². The molecule has 0 amide bonds. The quantitative estimate of drug-likeness (QED) is 0.795. The van der Waals surface area contributed by atoms with Gasteiger partial charge in [0.1, 0.15) is 5.75 Å². The largest absolute Gasteiger partial charge is 0.482 e. The van der Waals surface area contributed by atoms with Crippen LogP contribution in [0.15, 0.2) is 22.7 Å². The minimum absolute atomic E-state index is 0.214. The normalized spacial score (nSPS) is 10.8. The van der Waals surface area contributed by atoms with Crippen LogP contribution < -0.4 is 10.1 Å². The van der Waals surface area contributed by atoms with E-state index in [9.17, 15) is 0 Å². The van der Waals surface area contributed by atoms with Crippen molar-refractivity contribution >= 4 is 11.6 Å². The summed E-state index contributed by atoms with van der Waals surface area (Å²) in [5.41, 5.74) is 1.02. The van der Waals surface area contributed by atoms with Gasteiger partial charge in [0.15, 0.2) is 12.4 Å². The molecule has 0 radical (unpaired) electrons. The molecule has 0 saturated heterocycles. The SMILES string of the molecule is CCCNCc1cccc(Cl)c1OCc1nc(C)no1. The first-order valence-electron chi connectivity index (χ1n) is 6.60. The Bertz CT molecular complexity index is 557. The molecule has 0 saturated carbocycles. The molecule has 0 atom stereocenters. The summed E-state index contributed by atoms with van der Waals surface area (Å²) in [6.07, 6.45) is 1.08. The molecule has 6 heteroatoms. The van der Waals surface area contributed by atoms with Crippen LogP contribution in [0.4, 0.5) is 0 Å². The van der Waals surface area contributed by atoms with E-state index >= 15 is 0 Å². The molecule has 1 aromatic heterocycles. The Kier molecular flexibility index (Phi) is 5.38. The zero-order chi connectivity index (χ0) is 14.4. The molecule has 0 aliphatic rings. The van der Waals surface area contributed by atoms with Crippen LogP contribution in [0.1, 0.15) is 30.6 Å².